The van der Waals surface area contributed by atoms with Crippen molar-refractivity contribution in [1.82, 2.24) is 4.57 Å². The molecule has 10 heavy (non-hydrogen) atoms. The first-order valence-corrected chi connectivity index (χ1v) is 4.89. The molecule has 1 rings (SSSR count). The van der Waals surface area contributed by atoms with Gasteiger partial charge in [-0.1, -0.05) is 0 Å². The van der Waals surface area contributed by atoms with E-state index in [0.717, 1.165) is 0 Å². The molecule has 0 aliphatic carbocycles. The average molecular weight is 180 g/mol. The largest absolute Gasteiger partial charge is 0.341 e. The van der Waals surface area contributed by atoms with Crippen molar-refractivity contribution >= 4 is 19.7 Å². The van der Waals surface area contributed by atoms with Crippen LogP contribution in [0.1, 0.15) is 0 Å². The number of aromatic nitrogens is 1. The summed E-state index contributed by atoms with van der Waals surface area (Å²) in [6, 6.07) is 3.07. The topological polar surface area (TPSA) is 39.1 Å². The van der Waals surface area contributed by atoms with Crippen molar-refractivity contribution in [2.45, 2.75) is 5.03 Å². The van der Waals surface area contributed by atoms with E-state index in [1.54, 1.807) is 19.3 Å². The van der Waals surface area contributed by atoms with Crippen LogP contribution in [0.25, 0.3) is 0 Å². The zero-order valence-electron chi connectivity index (χ0n) is 5.28. The first-order chi connectivity index (χ1) is 4.52. The number of hydrogen-bond donors (Lipinski definition) is 0. The van der Waals surface area contributed by atoms with Crippen LogP contribution >= 0.6 is 10.7 Å². The summed E-state index contributed by atoms with van der Waals surface area (Å²) in [5.74, 6) is 0. The lowest BCUT2D eigenvalue weighted by Gasteiger charge is -1.95. The molecular formula is C5H6ClNO2S. The first-order valence-electron chi connectivity index (χ1n) is 2.58. The van der Waals surface area contributed by atoms with Gasteiger partial charge in [0.25, 0.3) is 9.05 Å². The molecule has 3 nitrogen and oxygen atoms in total. The lowest BCUT2D eigenvalue weighted by atomic mass is 10.7. The SMILES string of the molecule is Cn1cccc1S(=O)(=O)Cl. The zero-order chi connectivity index (χ0) is 7.78. The van der Waals surface area contributed by atoms with Crippen LogP contribution < -0.4 is 0 Å². The molecule has 0 unspecified atom stereocenters. The van der Waals surface area contributed by atoms with Gasteiger partial charge in [-0.05, 0) is 12.1 Å². The van der Waals surface area contributed by atoms with E-state index in [-0.39, 0.29) is 5.03 Å². The zero-order valence-corrected chi connectivity index (χ0v) is 6.85. The summed E-state index contributed by atoms with van der Waals surface area (Å²) in [6.07, 6.45) is 1.62. The fourth-order valence-electron chi connectivity index (χ4n) is 0.699. The van der Waals surface area contributed by atoms with E-state index in [2.05, 4.69) is 0 Å². The maximum absolute atomic E-state index is 10.7. The summed E-state index contributed by atoms with van der Waals surface area (Å²) in [5, 5.41) is 0.120. The Balaban J connectivity index is 3.32. The summed E-state index contributed by atoms with van der Waals surface area (Å²) in [6.45, 7) is 0. The fourth-order valence-corrected chi connectivity index (χ4v) is 1.83. The highest BCUT2D eigenvalue weighted by molar-refractivity contribution is 8.13. The van der Waals surface area contributed by atoms with E-state index in [9.17, 15) is 8.42 Å². The van der Waals surface area contributed by atoms with E-state index in [1.165, 1.54) is 10.6 Å². The van der Waals surface area contributed by atoms with Crippen molar-refractivity contribution in [3.63, 3.8) is 0 Å². The Bertz CT molecular complexity index is 327. The molecular weight excluding hydrogens is 174 g/mol. The summed E-state index contributed by atoms with van der Waals surface area (Å²) < 4.78 is 22.8. The van der Waals surface area contributed by atoms with E-state index < -0.39 is 9.05 Å². The Hall–Kier alpha value is -0.480. The molecule has 0 amide bonds. The van der Waals surface area contributed by atoms with Gasteiger partial charge in [0.15, 0.2) is 5.03 Å². The predicted molar refractivity (Wildman–Crippen MR) is 38.5 cm³/mol. The molecule has 1 aromatic heterocycles. The van der Waals surface area contributed by atoms with E-state index in [4.69, 9.17) is 10.7 Å². The minimum atomic E-state index is -3.55. The molecule has 0 aliphatic heterocycles. The average Bonchev–Trinajstić information content (AvgIpc) is 2.11. The second-order valence-electron chi connectivity index (χ2n) is 1.90. The summed E-state index contributed by atoms with van der Waals surface area (Å²) in [5.41, 5.74) is 0. The van der Waals surface area contributed by atoms with Crippen LogP contribution in [0, 0.1) is 0 Å². The van der Waals surface area contributed by atoms with Gasteiger partial charge in [0.2, 0.25) is 0 Å². The molecule has 0 spiro atoms. The molecule has 0 saturated heterocycles. The van der Waals surface area contributed by atoms with Crippen molar-refractivity contribution in [3.8, 4) is 0 Å². The number of aryl methyl sites for hydroxylation is 1. The van der Waals surface area contributed by atoms with Crippen molar-refractivity contribution in [2.75, 3.05) is 0 Å². The Morgan fingerprint density at radius 1 is 1.60 bits per heavy atom. The minimum Gasteiger partial charge on any atom is -0.341 e. The number of hydrogen-bond acceptors (Lipinski definition) is 2. The number of nitrogens with zero attached hydrogens (tertiary/aromatic N) is 1. The molecule has 0 N–H and O–H groups in total. The third kappa shape index (κ3) is 1.33. The van der Waals surface area contributed by atoms with Gasteiger partial charge in [-0.15, -0.1) is 0 Å². The maximum Gasteiger partial charge on any atom is 0.276 e. The van der Waals surface area contributed by atoms with Crippen LogP contribution in [0.4, 0.5) is 0 Å². The van der Waals surface area contributed by atoms with Crippen LogP contribution in [-0.4, -0.2) is 13.0 Å². The molecule has 0 bridgehead atoms. The third-order valence-electron chi connectivity index (χ3n) is 1.15. The molecule has 1 aromatic rings. The lowest BCUT2D eigenvalue weighted by molar-refractivity contribution is 0.600. The Morgan fingerprint density at radius 3 is 2.40 bits per heavy atom. The second kappa shape index (κ2) is 2.29. The standard InChI is InChI=1S/C5H6ClNO2S/c1-7-4-2-3-5(7)10(6,8)9/h2-4H,1H3. The minimum absolute atomic E-state index is 0.120. The van der Waals surface area contributed by atoms with Crippen LogP contribution in [0.15, 0.2) is 23.4 Å². The van der Waals surface area contributed by atoms with Crippen molar-refractivity contribution in [3.05, 3.63) is 18.3 Å². The van der Waals surface area contributed by atoms with E-state index in [0.29, 0.717) is 0 Å². The number of halogens is 1. The normalized spacial score (nSPS) is 11.8. The third-order valence-corrected chi connectivity index (χ3v) is 2.54. The Kier molecular flexibility index (Phi) is 1.74. The summed E-state index contributed by atoms with van der Waals surface area (Å²) >= 11 is 0. The molecule has 56 valence electrons. The van der Waals surface area contributed by atoms with Crippen molar-refractivity contribution in [1.29, 1.82) is 0 Å². The van der Waals surface area contributed by atoms with Gasteiger partial charge in [0, 0.05) is 23.9 Å². The smallest absolute Gasteiger partial charge is 0.276 e. The summed E-state index contributed by atoms with van der Waals surface area (Å²) in [4.78, 5) is 0. The Labute approximate surface area is 63.6 Å². The predicted octanol–water partition coefficient (Wildman–Crippen LogP) is 0.953. The second-order valence-corrected chi connectivity index (χ2v) is 4.41. The number of rotatable bonds is 1. The van der Waals surface area contributed by atoms with Gasteiger partial charge in [-0.2, -0.15) is 0 Å². The monoisotopic (exact) mass is 179 g/mol. The highest BCUT2D eigenvalue weighted by Crippen LogP contribution is 2.13. The van der Waals surface area contributed by atoms with Crippen LogP contribution in [0.3, 0.4) is 0 Å². The van der Waals surface area contributed by atoms with E-state index in [1.807, 2.05) is 0 Å². The highest BCUT2D eigenvalue weighted by atomic mass is 35.7. The molecule has 5 heteroatoms. The van der Waals surface area contributed by atoms with Gasteiger partial charge < -0.3 is 4.57 Å². The first kappa shape index (κ1) is 7.63. The van der Waals surface area contributed by atoms with E-state index >= 15 is 0 Å². The molecule has 0 aromatic carbocycles. The van der Waals surface area contributed by atoms with Crippen molar-refractivity contribution < 1.29 is 8.42 Å². The van der Waals surface area contributed by atoms with Crippen molar-refractivity contribution in [2.24, 2.45) is 7.05 Å². The fraction of sp³-hybridized carbons (Fsp3) is 0.200. The molecule has 0 atom stereocenters. The quantitative estimate of drug-likeness (QED) is 0.603. The molecule has 0 aliphatic rings. The Morgan fingerprint density at radius 2 is 2.20 bits per heavy atom. The highest BCUT2D eigenvalue weighted by Gasteiger charge is 2.11. The molecule has 0 fully saturated rings. The van der Waals surface area contributed by atoms with Gasteiger partial charge >= 0.3 is 0 Å². The maximum atomic E-state index is 10.7. The summed E-state index contributed by atoms with van der Waals surface area (Å²) in [7, 11) is 3.12. The van der Waals surface area contributed by atoms with Gasteiger partial charge in [-0.25, -0.2) is 8.42 Å². The molecule has 1 heterocycles. The molecule has 0 saturated carbocycles. The molecule has 0 radical (unpaired) electrons. The van der Waals surface area contributed by atoms with Crippen LogP contribution in [0.2, 0.25) is 0 Å². The van der Waals surface area contributed by atoms with Crippen LogP contribution in [-0.2, 0) is 16.1 Å². The van der Waals surface area contributed by atoms with Gasteiger partial charge in [0.05, 0.1) is 0 Å². The van der Waals surface area contributed by atoms with Gasteiger partial charge in [0.1, 0.15) is 0 Å². The lowest BCUT2D eigenvalue weighted by Crippen LogP contribution is -1.97. The van der Waals surface area contributed by atoms with Gasteiger partial charge in [-0.3, -0.25) is 0 Å². The van der Waals surface area contributed by atoms with Crippen LogP contribution in [0.5, 0.6) is 0 Å².